The Balaban J connectivity index is 1.91. The number of para-hydroxylation sites is 1. The lowest BCUT2D eigenvalue weighted by Crippen LogP contribution is -2.22. The summed E-state index contributed by atoms with van der Waals surface area (Å²) in [5.74, 6) is -1.60. The molecule has 128 valence electrons. The van der Waals surface area contributed by atoms with E-state index in [1.807, 2.05) is 24.3 Å². The maximum Gasteiger partial charge on any atom is 0.328 e. The van der Waals surface area contributed by atoms with Crippen LogP contribution in [0, 0.1) is 4.77 Å². The number of aliphatic imine (C=N–C) groups is 1. The van der Waals surface area contributed by atoms with E-state index in [9.17, 15) is 19.8 Å². The van der Waals surface area contributed by atoms with E-state index in [1.54, 1.807) is 6.20 Å². The summed E-state index contributed by atoms with van der Waals surface area (Å²) in [6.07, 6.45) is 2.91. The van der Waals surface area contributed by atoms with Gasteiger partial charge in [-0.05, 0) is 23.8 Å². The van der Waals surface area contributed by atoms with Crippen molar-refractivity contribution in [3.63, 3.8) is 0 Å². The average Bonchev–Trinajstić information content (AvgIpc) is 2.95. The first kappa shape index (κ1) is 16.7. The van der Waals surface area contributed by atoms with Gasteiger partial charge in [0.2, 0.25) is 5.88 Å². The zero-order valence-corrected chi connectivity index (χ0v) is 13.6. The predicted molar refractivity (Wildman–Crippen MR) is 94.9 cm³/mol. The molecule has 0 fully saturated rings. The summed E-state index contributed by atoms with van der Waals surface area (Å²) in [4.78, 5) is 35.0. The summed E-state index contributed by atoms with van der Waals surface area (Å²) < 4.78 is -0.0340. The molecule has 0 aliphatic carbocycles. The number of aromatic amines is 3. The van der Waals surface area contributed by atoms with Gasteiger partial charge in [-0.1, -0.05) is 18.2 Å². The Bertz CT molecular complexity index is 1080. The molecule has 0 aliphatic rings. The Kier molecular flexibility index (Phi) is 4.48. The van der Waals surface area contributed by atoms with Crippen molar-refractivity contribution in [1.82, 2.24) is 15.0 Å². The third-order valence-electron chi connectivity index (χ3n) is 3.72. The molecule has 9 heteroatoms. The molecule has 0 bridgehead atoms. The third kappa shape index (κ3) is 3.50. The zero-order valence-electron chi connectivity index (χ0n) is 12.8. The minimum atomic E-state index is -1.14. The van der Waals surface area contributed by atoms with Gasteiger partial charge < -0.3 is 20.2 Å². The number of aromatic nitrogens is 3. The van der Waals surface area contributed by atoms with Gasteiger partial charge in [-0.3, -0.25) is 14.8 Å². The highest BCUT2D eigenvalue weighted by Gasteiger charge is 2.18. The van der Waals surface area contributed by atoms with E-state index >= 15 is 0 Å². The zero-order chi connectivity index (χ0) is 18.0. The second kappa shape index (κ2) is 6.73. The van der Waals surface area contributed by atoms with Gasteiger partial charge in [0.1, 0.15) is 5.56 Å². The second-order valence-electron chi connectivity index (χ2n) is 5.37. The van der Waals surface area contributed by atoms with Crippen molar-refractivity contribution in [3.8, 4) is 5.88 Å². The van der Waals surface area contributed by atoms with E-state index in [0.29, 0.717) is 0 Å². The molecule has 1 aromatic carbocycles. The minimum Gasteiger partial charge on any atom is -0.494 e. The Morgan fingerprint density at radius 2 is 2.08 bits per heavy atom. The monoisotopic (exact) mass is 358 g/mol. The number of hydrogen-bond donors (Lipinski definition) is 5. The summed E-state index contributed by atoms with van der Waals surface area (Å²) >= 11 is 4.73. The molecule has 0 aliphatic heterocycles. The molecule has 2 heterocycles. The Labute approximate surface area is 145 Å². The molecule has 0 amide bonds. The van der Waals surface area contributed by atoms with Crippen molar-refractivity contribution in [2.45, 2.75) is 12.5 Å². The van der Waals surface area contributed by atoms with Crippen LogP contribution >= 0.6 is 12.2 Å². The molecule has 2 aromatic heterocycles. The van der Waals surface area contributed by atoms with Crippen LogP contribution in [-0.2, 0) is 11.2 Å². The van der Waals surface area contributed by atoms with Crippen molar-refractivity contribution < 1.29 is 15.0 Å². The molecular weight excluding hydrogens is 344 g/mol. The minimum absolute atomic E-state index is 0.0340. The number of H-pyrrole nitrogens is 3. The van der Waals surface area contributed by atoms with Crippen molar-refractivity contribution in [3.05, 3.63) is 56.7 Å². The molecule has 25 heavy (non-hydrogen) atoms. The van der Waals surface area contributed by atoms with Crippen LogP contribution in [0.4, 0.5) is 0 Å². The van der Waals surface area contributed by atoms with Gasteiger partial charge >= 0.3 is 5.97 Å². The fraction of sp³-hybridized carbons (Fsp3) is 0.125. The summed E-state index contributed by atoms with van der Waals surface area (Å²) in [5, 5.41) is 20.1. The Morgan fingerprint density at radius 1 is 1.32 bits per heavy atom. The standard InChI is InChI=1S/C16H14N4O4S/c21-13-10(14(22)20-16(25)19-13)7-18-12(15(23)24)5-8-6-17-11-4-2-1-3-9(8)11/h1-4,6-7,12,17H,5H2,(H,23,24)(H3,19,20,21,22,25)/t12-/m0/s1. The van der Waals surface area contributed by atoms with Crippen molar-refractivity contribution in [2.75, 3.05) is 0 Å². The van der Waals surface area contributed by atoms with Gasteiger partial charge in [0.25, 0.3) is 5.56 Å². The number of carbonyl (C=O) groups is 1. The second-order valence-corrected chi connectivity index (χ2v) is 5.77. The number of rotatable bonds is 5. The molecule has 5 N–H and O–H groups in total. The quantitative estimate of drug-likeness (QED) is 0.350. The van der Waals surface area contributed by atoms with Crippen LogP contribution in [0.5, 0.6) is 5.88 Å². The number of aliphatic carboxylic acids is 1. The molecule has 0 radical (unpaired) electrons. The van der Waals surface area contributed by atoms with E-state index in [4.69, 9.17) is 12.2 Å². The number of nitrogens with zero attached hydrogens (tertiary/aromatic N) is 1. The van der Waals surface area contributed by atoms with E-state index in [1.165, 1.54) is 0 Å². The Morgan fingerprint density at radius 3 is 2.80 bits per heavy atom. The number of carboxylic acids is 1. The largest absolute Gasteiger partial charge is 0.494 e. The molecule has 1 atom stereocenters. The van der Waals surface area contributed by atoms with Crippen molar-refractivity contribution in [1.29, 1.82) is 0 Å². The molecule has 0 spiro atoms. The van der Waals surface area contributed by atoms with Gasteiger partial charge in [0.15, 0.2) is 10.8 Å². The number of carboxylic acid groups (broad SMARTS) is 1. The normalized spacial score (nSPS) is 12.6. The maximum atomic E-state index is 11.8. The van der Waals surface area contributed by atoms with Gasteiger partial charge in [0, 0.05) is 29.7 Å². The number of benzene rings is 1. The topological polar surface area (TPSA) is 134 Å². The molecular formula is C16H14N4O4S. The van der Waals surface area contributed by atoms with E-state index in [-0.39, 0.29) is 16.8 Å². The van der Waals surface area contributed by atoms with Gasteiger partial charge in [0.05, 0.1) is 0 Å². The lowest BCUT2D eigenvalue weighted by molar-refractivity contribution is -0.138. The highest BCUT2D eigenvalue weighted by atomic mass is 32.1. The first-order valence-corrected chi connectivity index (χ1v) is 7.73. The fourth-order valence-corrected chi connectivity index (χ4v) is 2.67. The number of nitrogens with one attached hydrogen (secondary N) is 3. The van der Waals surface area contributed by atoms with Crippen LogP contribution in [0.3, 0.4) is 0 Å². The van der Waals surface area contributed by atoms with Gasteiger partial charge in [-0.15, -0.1) is 0 Å². The fourth-order valence-electron chi connectivity index (χ4n) is 2.48. The van der Waals surface area contributed by atoms with Crippen molar-refractivity contribution in [2.24, 2.45) is 4.99 Å². The smallest absolute Gasteiger partial charge is 0.328 e. The molecule has 0 unspecified atom stereocenters. The highest BCUT2D eigenvalue weighted by Crippen LogP contribution is 2.20. The van der Waals surface area contributed by atoms with Crippen LogP contribution in [-0.4, -0.2) is 43.4 Å². The van der Waals surface area contributed by atoms with Crippen LogP contribution in [0.25, 0.3) is 10.9 Å². The number of hydrogen-bond acceptors (Lipinski definition) is 5. The van der Waals surface area contributed by atoms with E-state index in [2.05, 4.69) is 19.9 Å². The molecule has 3 rings (SSSR count). The number of fused-ring (bicyclic) bond motifs is 1. The molecule has 0 saturated carbocycles. The van der Waals surface area contributed by atoms with Crippen LogP contribution < -0.4 is 5.56 Å². The molecule has 3 aromatic rings. The third-order valence-corrected chi connectivity index (χ3v) is 3.92. The highest BCUT2D eigenvalue weighted by molar-refractivity contribution is 7.71. The molecule has 0 saturated heterocycles. The SMILES string of the molecule is O=C(O)[C@H](Cc1c[nH]c2ccccc12)N=Cc1c(O)[nH]c(=S)[nH]c1=O. The van der Waals surface area contributed by atoms with Crippen LogP contribution in [0.2, 0.25) is 0 Å². The summed E-state index contributed by atoms with van der Waals surface area (Å²) in [6.45, 7) is 0. The Hall–Kier alpha value is -3.20. The summed E-state index contributed by atoms with van der Waals surface area (Å²) in [7, 11) is 0. The first-order chi connectivity index (χ1) is 12.0. The van der Waals surface area contributed by atoms with Crippen LogP contribution in [0.1, 0.15) is 11.1 Å². The number of aromatic hydroxyl groups is 1. The van der Waals surface area contributed by atoms with Gasteiger partial charge in [-0.25, -0.2) is 4.79 Å². The predicted octanol–water partition coefficient (Wildman–Crippen LogP) is 1.73. The lowest BCUT2D eigenvalue weighted by atomic mass is 10.1. The van der Waals surface area contributed by atoms with E-state index < -0.39 is 23.5 Å². The first-order valence-electron chi connectivity index (χ1n) is 7.32. The molecule has 8 nitrogen and oxygen atoms in total. The summed E-state index contributed by atoms with van der Waals surface area (Å²) in [6, 6.07) is 6.41. The lowest BCUT2D eigenvalue weighted by Gasteiger charge is -2.07. The van der Waals surface area contributed by atoms with Crippen molar-refractivity contribution >= 4 is 35.3 Å². The van der Waals surface area contributed by atoms with Gasteiger partial charge in [-0.2, -0.15) is 0 Å². The van der Waals surface area contributed by atoms with Crippen LogP contribution in [0.15, 0.2) is 40.2 Å². The summed E-state index contributed by atoms with van der Waals surface area (Å²) in [5.41, 5.74) is 0.862. The average molecular weight is 358 g/mol. The maximum absolute atomic E-state index is 11.8. The van der Waals surface area contributed by atoms with E-state index in [0.717, 1.165) is 22.7 Å².